The summed E-state index contributed by atoms with van der Waals surface area (Å²) in [6, 6.07) is 17.1. The van der Waals surface area contributed by atoms with Crippen molar-refractivity contribution in [2.75, 3.05) is 27.2 Å². The molecule has 3 aromatic rings. The Bertz CT molecular complexity index is 972. The van der Waals surface area contributed by atoms with Crippen LogP contribution in [0.15, 0.2) is 48.5 Å². The second kappa shape index (κ2) is 9.42. The van der Waals surface area contributed by atoms with Gasteiger partial charge >= 0.3 is 0 Å². The van der Waals surface area contributed by atoms with Crippen LogP contribution in [0.2, 0.25) is 5.02 Å². The molecule has 0 spiro atoms. The molecule has 0 amide bonds. The SMILES string of the molecule is CCn1c(COc2ccc(Cl)cc2)c(CN2CCC(N(C)C)CC2)c2ccccc21. The molecule has 1 aliphatic heterocycles. The number of rotatable bonds is 7. The van der Waals surface area contributed by atoms with Crippen molar-refractivity contribution in [2.24, 2.45) is 0 Å². The maximum absolute atomic E-state index is 6.19. The number of ether oxygens (including phenoxy) is 1. The van der Waals surface area contributed by atoms with Gasteiger partial charge in [-0.25, -0.2) is 0 Å². The van der Waals surface area contributed by atoms with Crippen molar-refractivity contribution in [2.45, 2.75) is 45.5 Å². The molecular formula is C25H32ClN3O. The van der Waals surface area contributed by atoms with Gasteiger partial charge in [-0.2, -0.15) is 0 Å². The van der Waals surface area contributed by atoms with Crippen molar-refractivity contribution < 1.29 is 4.74 Å². The highest BCUT2D eigenvalue weighted by Gasteiger charge is 2.24. The van der Waals surface area contributed by atoms with Gasteiger partial charge in [0.15, 0.2) is 0 Å². The minimum atomic E-state index is 0.563. The van der Waals surface area contributed by atoms with Gasteiger partial charge in [0.1, 0.15) is 12.4 Å². The van der Waals surface area contributed by atoms with E-state index in [-0.39, 0.29) is 0 Å². The maximum atomic E-state index is 6.19. The molecule has 1 fully saturated rings. The Kier molecular flexibility index (Phi) is 6.67. The van der Waals surface area contributed by atoms with Crippen LogP contribution >= 0.6 is 11.6 Å². The zero-order chi connectivity index (χ0) is 21.1. The van der Waals surface area contributed by atoms with Gasteiger partial charge in [-0.3, -0.25) is 4.90 Å². The van der Waals surface area contributed by atoms with E-state index in [9.17, 15) is 0 Å². The predicted octanol–water partition coefficient (Wildman–Crippen LogP) is 5.42. The Morgan fingerprint density at radius 1 is 1.03 bits per heavy atom. The Balaban J connectivity index is 1.60. The number of hydrogen-bond donors (Lipinski definition) is 0. The summed E-state index contributed by atoms with van der Waals surface area (Å²) >= 11 is 6.03. The maximum Gasteiger partial charge on any atom is 0.129 e. The molecule has 4 rings (SSSR count). The first-order chi connectivity index (χ1) is 14.6. The van der Waals surface area contributed by atoms with Crippen molar-refractivity contribution in [1.82, 2.24) is 14.4 Å². The van der Waals surface area contributed by atoms with Gasteiger partial charge in [0, 0.05) is 35.1 Å². The third kappa shape index (κ3) is 4.51. The van der Waals surface area contributed by atoms with Crippen LogP contribution in [0.3, 0.4) is 0 Å². The number of aromatic nitrogens is 1. The van der Waals surface area contributed by atoms with Gasteiger partial charge in [0.2, 0.25) is 0 Å². The van der Waals surface area contributed by atoms with Crippen LogP contribution in [0.5, 0.6) is 5.75 Å². The summed E-state index contributed by atoms with van der Waals surface area (Å²) in [6.07, 6.45) is 2.46. The first-order valence-electron chi connectivity index (χ1n) is 10.9. The van der Waals surface area contributed by atoms with Gasteiger partial charge in [-0.1, -0.05) is 29.8 Å². The van der Waals surface area contributed by atoms with Crippen LogP contribution < -0.4 is 4.74 Å². The predicted molar refractivity (Wildman–Crippen MR) is 125 cm³/mol. The van der Waals surface area contributed by atoms with Gasteiger partial charge < -0.3 is 14.2 Å². The van der Waals surface area contributed by atoms with Crippen LogP contribution in [0.1, 0.15) is 31.0 Å². The largest absolute Gasteiger partial charge is 0.487 e. The van der Waals surface area contributed by atoms with E-state index in [0.29, 0.717) is 12.6 Å². The minimum absolute atomic E-state index is 0.563. The quantitative estimate of drug-likeness (QED) is 0.504. The third-order valence-corrected chi connectivity index (χ3v) is 6.62. The summed E-state index contributed by atoms with van der Waals surface area (Å²) in [7, 11) is 4.39. The number of likely N-dealkylation sites (tertiary alicyclic amines) is 1. The number of nitrogens with zero attached hydrogens (tertiary/aromatic N) is 3. The first kappa shape index (κ1) is 21.2. The fourth-order valence-corrected chi connectivity index (χ4v) is 4.76. The van der Waals surface area contributed by atoms with Crippen molar-refractivity contribution in [3.05, 3.63) is 64.8 Å². The standard InChI is InChI=1S/C25H32ClN3O/c1-4-29-24-8-6-5-7-22(24)23(17-28-15-13-20(14-16-28)27(2)3)25(29)18-30-21-11-9-19(26)10-12-21/h5-12,20H,4,13-18H2,1-3H3. The zero-order valence-electron chi connectivity index (χ0n) is 18.3. The van der Waals surface area contributed by atoms with E-state index in [1.54, 1.807) is 0 Å². The van der Waals surface area contributed by atoms with E-state index < -0.39 is 0 Å². The van der Waals surface area contributed by atoms with Crippen LogP contribution in [-0.2, 0) is 19.7 Å². The second-order valence-electron chi connectivity index (χ2n) is 8.40. The average molecular weight is 426 g/mol. The van der Waals surface area contributed by atoms with Gasteiger partial charge in [-0.05, 0) is 82.8 Å². The lowest BCUT2D eigenvalue weighted by Crippen LogP contribution is -2.41. The second-order valence-corrected chi connectivity index (χ2v) is 8.84. The molecule has 2 aromatic carbocycles. The summed E-state index contributed by atoms with van der Waals surface area (Å²) in [5.74, 6) is 0.852. The summed E-state index contributed by atoms with van der Waals surface area (Å²) < 4.78 is 8.60. The molecule has 0 radical (unpaired) electrons. The van der Waals surface area contributed by atoms with Gasteiger partial charge in [0.05, 0.1) is 5.69 Å². The number of fused-ring (bicyclic) bond motifs is 1. The van der Waals surface area contributed by atoms with Crippen LogP contribution in [0.4, 0.5) is 0 Å². The molecule has 2 heterocycles. The Labute approximate surface area is 185 Å². The Morgan fingerprint density at radius 2 is 1.73 bits per heavy atom. The lowest BCUT2D eigenvalue weighted by molar-refractivity contribution is 0.139. The molecule has 0 bridgehead atoms. The number of halogens is 1. The van der Waals surface area contributed by atoms with Gasteiger partial charge in [-0.15, -0.1) is 0 Å². The fourth-order valence-electron chi connectivity index (χ4n) is 4.63. The van der Waals surface area contributed by atoms with Crippen molar-refractivity contribution in [3.63, 3.8) is 0 Å². The summed E-state index contributed by atoms with van der Waals surface area (Å²) in [4.78, 5) is 4.97. The Morgan fingerprint density at radius 3 is 2.40 bits per heavy atom. The van der Waals surface area contributed by atoms with Crippen molar-refractivity contribution in [1.29, 1.82) is 0 Å². The van der Waals surface area contributed by atoms with Crippen LogP contribution in [-0.4, -0.2) is 47.6 Å². The number of hydrogen-bond acceptors (Lipinski definition) is 3. The number of aryl methyl sites for hydroxylation is 1. The summed E-state index contributed by atoms with van der Waals surface area (Å²) in [6.45, 7) is 6.98. The third-order valence-electron chi connectivity index (χ3n) is 6.37. The topological polar surface area (TPSA) is 20.6 Å². The fraction of sp³-hybridized carbons (Fsp3) is 0.440. The number of benzene rings is 2. The van der Waals surface area contributed by atoms with Crippen LogP contribution in [0.25, 0.3) is 10.9 Å². The van der Waals surface area contributed by atoms with Crippen molar-refractivity contribution >= 4 is 22.5 Å². The number of para-hydroxylation sites is 1. The molecular weight excluding hydrogens is 394 g/mol. The smallest absolute Gasteiger partial charge is 0.129 e. The van der Waals surface area contributed by atoms with E-state index in [0.717, 1.165) is 37.0 Å². The highest BCUT2D eigenvalue weighted by Crippen LogP contribution is 2.30. The molecule has 1 aromatic heterocycles. The molecule has 0 atom stereocenters. The molecule has 160 valence electrons. The summed E-state index contributed by atoms with van der Waals surface area (Å²) in [5, 5.41) is 2.08. The lowest BCUT2D eigenvalue weighted by atomic mass is 10.0. The molecule has 0 unspecified atom stereocenters. The van der Waals surface area contributed by atoms with Crippen molar-refractivity contribution in [3.8, 4) is 5.75 Å². The molecule has 0 saturated carbocycles. The highest BCUT2D eigenvalue weighted by molar-refractivity contribution is 6.30. The summed E-state index contributed by atoms with van der Waals surface area (Å²) in [5.41, 5.74) is 3.99. The normalized spacial score (nSPS) is 15.9. The number of piperidine rings is 1. The van der Waals surface area contributed by atoms with E-state index >= 15 is 0 Å². The van der Waals surface area contributed by atoms with Crippen LogP contribution in [0, 0.1) is 0 Å². The molecule has 0 aliphatic carbocycles. The van der Waals surface area contributed by atoms with E-state index in [1.807, 2.05) is 24.3 Å². The Hall–Kier alpha value is -2.01. The lowest BCUT2D eigenvalue weighted by Gasteiger charge is -2.35. The average Bonchev–Trinajstić information content (AvgIpc) is 3.06. The molecule has 1 aliphatic rings. The highest BCUT2D eigenvalue weighted by atomic mass is 35.5. The molecule has 5 heteroatoms. The minimum Gasteiger partial charge on any atom is -0.487 e. The molecule has 4 nitrogen and oxygen atoms in total. The molecule has 1 saturated heterocycles. The molecule has 0 N–H and O–H groups in total. The van der Waals surface area contributed by atoms with E-state index in [4.69, 9.17) is 16.3 Å². The van der Waals surface area contributed by atoms with Gasteiger partial charge in [0.25, 0.3) is 0 Å². The molecule has 30 heavy (non-hydrogen) atoms. The van der Waals surface area contributed by atoms with E-state index in [1.165, 1.54) is 35.0 Å². The first-order valence-corrected chi connectivity index (χ1v) is 11.3. The van der Waals surface area contributed by atoms with E-state index in [2.05, 4.69) is 59.7 Å². The monoisotopic (exact) mass is 425 g/mol. The zero-order valence-corrected chi connectivity index (χ0v) is 19.0.